The second-order valence-corrected chi connectivity index (χ2v) is 23.5. The number of carbonyl (C=O) groups excluding carboxylic acids is 3. The summed E-state index contributed by atoms with van der Waals surface area (Å²) >= 11 is 0. The molecule has 0 aromatic rings. The highest BCUT2D eigenvalue weighted by Crippen LogP contribution is 2.19. The van der Waals surface area contributed by atoms with Crippen molar-refractivity contribution in [2.24, 2.45) is 0 Å². The number of rotatable bonds is 64. The molecule has 0 rings (SSSR count). The fraction of sp³-hybridized carbons (Fsp3) is 0.956. The van der Waals surface area contributed by atoms with Crippen molar-refractivity contribution < 1.29 is 28.6 Å². The average molecular weight is 1050 g/mol. The van der Waals surface area contributed by atoms with E-state index in [1.54, 1.807) is 0 Å². The normalized spacial score (nSPS) is 11.9. The standard InChI is InChI=1S/C68H132O6/c1-4-7-10-13-16-19-22-25-28-30-32-33-34-35-36-38-40-43-46-49-52-55-58-61-67(70)73-64-65(63-72-66(69)60-57-54-51-48-45-42-39-27-24-21-18-15-12-9-6-3)74-68(71)62-59-56-53-50-47-44-41-37-31-29-26-23-20-17-14-11-8-5-2/h65H,4-64H2,1-3H3. The fourth-order valence-electron chi connectivity index (χ4n) is 10.7. The van der Waals surface area contributed by atoms with E-state index in [1.807, 2.05) is 0 Å². The molecule has 0 aliphatic carbocycles. The Balaban J connectivity index is 4.23. The van der Waals surface area contributed by atoms with E-state index in [0.717, 1.165) is 57.8 Å². The summed E-state index contributed by atoms with van der Waals surface area (Å²) in [5.74, 6) is -0.821. The van der Waals surface area contributed by atoms with Crippen molar-refractivity contribution in [3.63, 3.8) is 0 Å². The largest absolute Gasteiger partial charge is 0.462 e. The van der Waals surface area contributed by atoms with Crippen molar-refractivity contribution in [3.05, 3.63) is 0 Å². The maximum atomic E-state index is 12.9. The highest BCUT2D eigenvalue weighted by atomic mass is 16.6. The van der Waals surface area contributed by atoms with Gasteiger partial charge >= 0.3 is 17.9 Å². The van der Waals surface area contributed by atoms with Crippen LogP contribution in [-0.4, -0.2) is 37.2 Å². The number of hydrogen-bond donors (Lipinski definition) is 0. The molecule has 0 aliphatic heterocycles. The molecule has 0 spiro atoms. The zero-order valence-electron chi connectivity index (χ0n) is 50.7. The molecule has 0 bridgehead atoms. The molecule has 0 radical (unpaired) electrons. The first kappa shape index (κ1) is 72.4. The van der Waals surface area contributed by atoms with Crippen LogP contribution >= 0.6 is 0 Å². The summed E-state index contributed by atoms with van der Waals surface area (Å²) in [6.07, 6.45) is 74.0. The molecule has 0 amide bonds. The minimum Gasteiger partial charge on any atom is -0.462 e. The van der Waals surface area contributed by atoms with Gasteiger partial charge in [0.05, 0.1) is 0 Å². The van der Waals surface area contributed by atoms with Crippen molar-refractivity contribution in [3.8, 4) is 0 Å². The Kier molecular flexibility index (Phi) is 62.6. The lowest BCUT2D eigenvalue weighted by atomic mass is 10.0. The SMILES string of the molecule is CCCCCCCCCCCCCCCCCCCCCCCCCC(=O)OCC(COC(=O)CCCCCCCCCCCCCCCCC)OC(=O)CCCCCCCCCCCCCCCCCCCC. The second kappa shape index (κ2) is 63.9. The predicted octanol–water partition coefficient (Wildman–Crippen LogP) is 23.1. The molecule has 0 aromatic heterocycles. The molecule has 0 aromatic carbocycles. The molecule has 1 atom stereocenters. The third kappa shape index (κ3) is 61.3. The van der Waals surface area contributed by atoms with E-state index in [4.69, 9.17) is 14.2 Å². The maximum Gasteiger partial charge on any atom is 0.306 e. The number of unbranched alkanes of at least 4 members (excludes halogenated alkanes) is 53. The van der Waals surface area contributed by atoms with Gasteiger partial charge in [-0.25, -0.2) is 0 Å². The minimum absolute atomic E-state index is 0.0602. The smallest absolute Gasteiger partial charge is 0.306 e. The number of esters is 3. The predicted molar refractivity (Wildman–Crippen MR) is 321 cm³/mol. The van der Waals surface area contributed by atoms with E-state index >= 15 is 0 Å². The van der Waals surface area contributed by atoms with Crippen LogP contribution in [0.5, 0.6) is 0 Å². The lowest BCUT2D eigenvalue weighted by Crippen LogP contribution is -2.30. The summed E-state index contributed by atoms with van der Waals surface area (Å²) in [7, 11) is 0. The molecule has 6 nitrogen and oxygen atoms in total. The summed E-state index contributed by atoms with van der Waals surface area (Å²) < 4.78 is 17.0. The molecule has 0 fully saturated rings. The minimum atomic E-state index is -0.763. The molecular formula is C68H132O6. The monoisotopic (exact) mass is 1050 g/mol. The van der Waals surface area contributed by atoms with Crippen LogP contribution in [-0.2, 0) is 28.6 Å². The maximum absolute atomic E-state index is 12.9. The van der Waals surface area contributed by atoms with E-state index in [-0.39, 0.29) is 31.1 Å². The van der Waals surface area contributed by atoms with Crippen LogP contribution in [0.3, 0.4) is 0 Å². The highest BCUT2D eigenvalue weighted by Gasteiger charge is 2.19. The third-order valence-electron chi connectivity index (χ3n) is 15.9. The van der Waals surface area contributed by atoms with Crippen LogP contribution in [0.2, 0.25) is 0 Å². The third-order valence-corrected chi connectivity index (χ3v) is 15.9. The average Bonchev–Trinajstić information content (AvgIpc) is 3.40. The summed E-state index contributed by atoms with van der Waals surface area (Å²) in [6, 6.07) is 0. The molecule has 440 valence electrons. The molecule has 1 unspecified atom stereocenters. The van der Waals surface area contributed by atoms with Gasteiger partial charge in [-0.15, -0.1) is 0 Å². The number of hydrogen-bond acceptors (Lipinski definition) is 6. The van der Waals surface area contributed by atoms with Crippen molar-refractivity contribution >= 4 is 17.9 Å². The van der Waals surface area contributed by atoms with Crippen LogP contribution in [0.15, 0.2) is 0 Å². The summed E-state index contributed by atoms with van der Waals surface area (Å²) in [5.41, 5.74) is 0. The van der Waals surface area contributed by atoms with Gasteiger partial charge < -0.3 is 14.2 Å². The summed E-state index contributed by atoms with van der Waals surface area (Å²) in [6.45, 7) is 6.74. The van der Waals surface area contributed by atoms with Gasteiger partial charge in [-0.3, -0.25) is 14.4 Å². The fourth-order valence-corrected chi connectivity index (χ4v) is 10.7. The van der Waals surface area contributed by atoms with Gasteiger partial charge in [-0.1, -0.05) is 361 Å². The Morgan fingerprint density at radius 1 is 0.216 bits per heavy atom. The molecule has 0 N–H and O–H groups in total. The van der Waals surface area contributed by atoms with Crippen molar-refractivity contribution in [2.45, 2.75) is 406 Å². The first-order valence-corrected chi connectivity index (χ1v) is 34.0. The van der Waals surface area contributed by atoms with Gasteiger partial charge in [-0.2, -0.15) is 0 Å². The van der Waals surface area contributed by atoms with Crippen LogP contribution < -0.4 is 0 Å². The topological polar surface area (TPSA) is 78.9 Å². The van der Waals surface area contributed by atoms with E-state index in [9.17, 15) is 14.4 Å². The molecular weight excluding hydrogens is 913 g/mol. The van der Waals surface area contributed by atoms with Crippen molar-refractivity contribution in [1.82, 2.24) is 0 Å². The van der Waals surface area contributed by atoms with Gasteiger partial charge in [0.25, 0.3) is 0 Å². The zero-order valence-corrected chi connectivity index (χ0v) is 50.7. The van der Waals surface area contributed by atoms with Crippen LogP contribution in [0.1, 0.15) is 400 Å². The van der Waals surface area contributed by atoms with Crippen LogP contribution in [0.25, 0.3) is 0 Å². The van der Waals surface area contributed by atoms with Gasteiger partial charge in [0.15, 0.2) is 6.10 Å². The lowest BCUT2D eigenvalue weighted by molar-refractivity contribution is -0.167. The van der Waals surface area contributed by atoms with E-state index in [2.05, 4.69) is 20.8 Å². The first-order valence-electron chi connectivity index (χ1n) is 34.0. The quantitative estimate of drug-likeness (QED) is 0.0343. The summed E-state index contributed by atoms with van der Waals surface area (Å²) in [4.78, 5) is 38.4. The van der Waals surface area contributed by atoms with Gasteiger partial charge in [0, 0.05) is 19.3 Å². The van der Waals surface area contributed by atoms with E-state index in [1.165, 1.54) is 302 Å². The van der Waals surface area contributed by atoms with Gasteiger partial charge in [0.2, 0.25) is 0 Å². The molecule has 0 saturated heterocycles. The zero-order chi connectivity index (χ0) is 53.6. The molecule has 6 heteroatoms. The molecule has 0 aliphatic rings. The molecule has 0 heterocycles. The Morgan fingerprint density at radius 2 is 0.365 bits per heavy atom. The Bertz CT molecular complexity index is 1110. The van der Waals surface area contributed by atoms with Gasteiger partial charge in [0.1, 0.15) is 13.2 Å². The van der Waals surface area contributed by atoms with Crippen molar-refractivity contribution in [1.29, 1.82) is 0 Å². The lowest BCUT2D eigenvalue weighted by Gasteiger charge is -2.18. The number of carbonyl (C=O) groups is 3. The van der Waals surface area contributed by atoms with Crippen LogP contribution in [0, 0.1) is 0 Å². The summed E-state index contributed by atoms with van der Waals surface area (Å²) in [5, 5.41) is 0. The van der Waals surface area contributed by atoms with Crippen LogP contribution in [0.4, 0.5) is 0 Å². The highest BCUT2D eigenvalue weighted by molar-refractivity contribution is 5.71. The second-order valence-electron chi connectivity index (χ2n) is 23.5. The van der Waals surface area contributed by atoms with Crippen molar-refractivity contribution in [2.75, 3.05) is 13.2 Å². The Hall–Kier alpha value is -1.59. The van der Waals surface area contributed by atoms with E-state index in [0.29, 0.717) is 19.3 Å². The Morgan fingerprint density at radius 3 is 0.541 bits per heavy atom. The van der Waals surface area contributed by atoms with E-state index < -0.39 is 6.10 Å². The molecule has 0 saturated carbocycles. The van der Waals surface area contributed by atoms with Gasteiger partial charge in [-0.05, 0) is 19.3 Å². The first-order chi connectivity index (χ1) is 36.5. The number of ether oxygens (including phenoxy) is 3. The Labute approximate surface area is 463 Å². The molecule has 74 heavy (non-hydrogen) atoms.